The van der Waals surface area contributed by atoms with Gasteiger partial charge >= 0.3 is 0 Å². The molecule has 0 saturated carbocycles. The van der Waals surface area contributed by atoms with Crippen LogP contribution in [-0.2, 0) is 0 Å². The summed E-state index contributed by atoms with van der Waals surface area (Å²) in [5, 5.41) is 6.76. The van der Waals surface area contributed by atoms with Crippen LogP contribution >= 0.6 is 43.5 Å². The van der Waals surface area contributed by atoms with Crippen LogP contribution in [0, 0.1) is 0 Å². The molecule has 0 amide bonds. The molecule has 0 aliphatic rings. The van der Waals surface area contributed by atoms with Gasteiger partial charge in [-0.2, -0.15) is 4.98 Å². The van der Waals surface area contributed by atoms with E-state index in [0.29, 0.717) is 16.8 Å². The Kier molecular flexibility index (Phi) is 4.42. The highest BCUT2D eigenvalue weighted by atomic mass is 79.9. The van der Waals surface area contributed by atoms with Gasteiger partial charge in [0.25, 0.3) is 0 Å². The highest BCUT2D eigenvalue weighted by Crippen LogP contribution is 2.30. The van der Waals surface area contributed by atoms with Crippen LogP contribution in [0.15, 0.2) is 33.3 Å². The van der Waals surface area contributed by atoms with Crippen LogP contribution in [-0.4, -0.2) is 17.0 Å². The average molecular weight is 392 g/mol. The molecule has 0 aliphatic heterocycles. The largest absolute Gasteiger partial charge is 0.357 e. The molecule has 18 heavy (non-hydrogen) atoms. The smallest absolute Gasteiger partial charge is 0.224 e. The van der Waals surface area contributed by atoms with Crippen molar-refractivity contribution in [3.63, 3.8) is 0 Å². The van der Waals surface area contributed by atoms with Crippen molar-refractivity contribution in [1.29, 1.82) is 0 Å². The first-order chi connectivity index (χ1) is 8.60. The SMILES string of the molecule is CNc1ncc(Br)c(Nc2ccc(Cl)cc2Br)n1. The van der Waals surface area contributed by atoms with Gasteiger partial charge in [0.15, 0.2) is 0 Å². The molecule has 1 heterocycles. The van der Waals surface area contributed by atoms with Gasteiger partial charge in [-0.15, -0.1) is 0 Å². The summed E-state index contributed by atoms with van der Waals surface area (Å²) in [7, 11) is 1.77. The van der Waals surface area contributed by atoms with Crippen LogP contribution in [0.1, 0.15) is 0 Å². The number of halogens is 3. The van der Waals surface area contributed by atoms with Gasteiger partial charge in [0.1, 0.15) is 5.82 Å². The van der Waals surface area contributed by atoms with E-state index in [1.54, 1.807) is 13.2 Å². The Morgan fingerprint density at radius 3 is 2.67 bits per heavy atom. The maximum atomic E-state index is 5.90. The normalized spacial score (nSPS) is 10.2. The lowest BCUT2D eigenvalue weighted by atomic mass is 10.3. The summed E-state index contributed by atoms with van der Waals surface area (Å²) in [6.07, 6.45) is 1.69. The molecule has 0 saturated heterocycles. The molecular weight excluding hydrogens is 383 g/mol. The minimum Gasteiger partial charge on any atom is -0.357 e. The van der Waals surface area contributed by atoms with Crippen molar-refractivity contribution in [3.05, 3.63) is 38.4 Å². The van der Waals surface area contributed by atoms with E-state index < -0.39 is 0 Å². The van der Waals surface area contributed by atoms with Crippen molar-refractivity contribution in [1.82, 2.24) is 9.97 Å². The van der Waals surface area contributed by atoms with Gasteiger partial charge in [-0.05, 0) is 50.1 Å². The monoisotopic (exact) mass is 390 g/mol. The zero-order valence-corrected chi connectivity index (χ0v) is 13.3. The van der Waals surface area contributed by atoms with Crippen LogP contribution in [0.25, 0.3) is 0 Å². The third-order valence-electron chi connectivity index (χ3n) is 2.15. The first kappa shape index (κ1) is 13.6. The fourth-order valence-electron chi connectivity index (χ4n) is 1.29. The number of nitrogens with zero attached hydrogens (tertiary/aromatic N) is 2. The maximum absolute atomic E-state index is 5.90. The molecule has 0 radical (unpaired) electrons. The molecule has 0 atom stereocenters. The molecule has 0 spiro atoms. The van der Waals surface area contributed by atoms with Gasteiger partial charge in [0, 0.05) is 22.7 Å². The van der Waals surface area contributed by atoms with Crippen molar-refractivity contribution in [2.24, 2.45) is 0 Å². The summed E-state index contributed by atoms with van der Waals surface area (Å²) in [6.45, 7) is 0. The van der Waals surface area contributed by atoms with Crippen LogP contribution in [0.4, 0.5) is 17.5 Å². The summed E-state index contributed by atoms with van der Waals surface area (Å²) >= 11 is 12.7. The number of anilines is 3. The fraction of sp³-hybridized carbons (Fsp3) is 0.0909. The Balaban J connectivity index is 2.33. The molecule has 0 fully saturated rings. The van der Waals surface area contributed by atoms with Crippen LogP contribution < -0.4 is 10.6 Å². The summed E-state index contributed by atoms with van der Waals surface area (Å²) < 4.78 is 1.65. The fourth-order valence-corrected chi connectivity index (χ4v) is 2.37. The molecule has 1 aromatic carbocycles. The zero-order valence-electron chi connectivity index (χ0n) is 9.34. The Bertz CT molecular complexity index is 577. The van der Waals surface area contributed by atoms with Crippen molar-refractivity contribution in [3.8, 4) is 0 Å². The van der Waals surface area contributed by atoms with E-state index in [9.17, 15) is 0 Å². The molecule has 2 N–H and O–H groups in total. The van der Waals surface area contributed by atoms with E-state index in [1.807, 2.05) is 18.2 Å². The van der Waals surface area contributed by atoms with Gasteiger partial charge in [-0.25, -0.2) is 4.98 Å². The lowest BCUT2D eigenvalue weighted by Gasteiger charge is -2.10. The lowest BCUT2D eigenvalue weighted by molar-refractivity contribution is 1.14. The van der Waals surface area contributed by atoms with Crippen molar-refractivity contribution in [2.75, 3.05) is 17.7 Å². The molecule has 4 nitrogen and oxygen atoms in total. The van der Waals surface area contributed by atoms with E-state index in [1.165, 1.54) is 0 Å². The van der Waals surface area contributed by atoms with Gasteiger partial charge in [-0.1, -0.05) is 11.6 Å². The number of hydrogen-bond acceptors (Lipinski definition) is 4. The second-order valence-electron chi connectivity index (χ2n) is 3.39. The predicted octanol–water partition coefficient (Wildman–Crippen LogP) is 4.44. The molecule has 7 heteroatoms. The van der Waals surface area contributed by atoms with Crippen LogP contribution in [0.3, 0.4) is 0 Å². The first-order valence-corrected chi connectivity index (χ1v) is 6.99. The highest BCUT2D eigenvalue weighted by Gasteiger charge is 2.07. The maximum Gasteiger partial charge on any atom is 0.224 e. The zero-order chi connectivity index (χ0) is 13.1. The van der Waals surface area contributed by atoms with Gasteiger partial charge in [0.2, 0.25) is 5.95 Å². The lowest BCUT2D eigenvalue weighted by Crippen LogP contribution is -2.01. The standard InChI is InChI=1S/C11H9Br2ClN4/c1-15-11-16-5-8(13)10(18-11)17-9-3-2-6(14)4-7(9)12/h2-5H,1H3,(H2,15,16,17,18). The van der Waals surface area contributed by atoms with E-state index in [2.05, 4.69) is 52.5 Å². The topological polar surface area (TPSA) is 49.8 Å². The quantitative estimate of drug-likeness (QED) is 0.811. The Morgan fingerprint density at radius 1 is 1.22 bits per heavy atom. The number of aromatic nitrogens is 2. The number of hydrogen-bond donors (Lipinski definition) is 2. The van der Waals surface area contributed by atoms with E-state index in [-0.39, 0.29) is 0 Å². The number of rotatable bonds is 3. The number of benzene rings is 1. The summed E-state index contributed by atoms with van der Waals surface area (Å²) in [4.78, 5) is 8.41. The average Bonchev–Trinajstić information content (AvgIpc) is 2.35. The second kappa shape index (κ2) is 5.86. The van der Waals surface area contributed by atoms with Crippen molar-refractivity contribution >= 4 is 60.9 Å². The molecule has 1 aromatic heterocycles. The minimum absolute atomic E-state index is 0.547. The van der Waals surface area contributed by atoms with Gasteiger partial charge < -0.3 is 10.6 Å². The van der Waals surface area contributed by atoms with Crippen molar-refractivity contribution in [2.45, 2.75) is 0 Å². The van der Waals surface area contributed by atoms with E-state index in [0.717, 1.165) is 14.6 Å². The molecule has 94 valence electrons. The molecule has 2 rings (SSSR count). The summed E-state index contributed by atoms with van der Waals surface area (Å²) in [5.74, 6) is 1.23. The molecule has 0 bridgehead atoms. The van der Waals surface area contributed by atoms with Crippen molar-refractivity contribution < 1.29 is 0 Å². The van der Waals surface area contributed by atoms with E-state index in [4.69, 9.17) is 11.6 Å². The Labute approximate surface area is 126 Å². The predicted molar refractivity (Wildman–Crippen MR) is 81.7 cm³/mol. The highest BCUT2D eigenvalue weighted by molar-refractivity contribution is 9.11. The molecular formula is C11H9Br2ClN4. The number of nitrogens with one attached hydrogen (secondary N) is 2. The Morgan fingerprint density at radius 2 is 2.00 bits per heavy atom. The summed E-state index contributed by atoms with van der Waals surface area (Å²) in [5.41, 5.74) is 0.876. The molecule has 0 unspecified atom stereocenters. The summed E-state index contributed by atoms with van der Waals surface area (Å²) in [6, 6.07) is 5.50. The van der Waals surface area contributed by atoms with E-state index >= 15 is 0 Å². The van der Waals surface area contributed by atoms with Gasteiger partial charge in [-0.3, -0.25) is 0 Å². The minimum atomic E-state index is 0.547. The third kappa shape index (κ3) is 3.13. The van der Waals surface area contributed by atoms with Gasteiger partial charge in [0.05, 0.1) is 10.2 Å². The molecule has 2 aromatic rings. The molecule has 0 aliphatic carbocycles. The van der Waals surface area contributed by atoms with Crippen LogP contribution in [0.5, 0.6) is 0 Å². The first-order valence-electron chi connectivity index (χ1n) is 5.02. The third-order valence-corrected chi connectivity index (χ3v) is 3.62. The van der Waals surface area contributed by atoms with Crippen LogP contribution in [0.2, 0.25) is 5.02 Å². The second-order valence-corrected chi connectivity index (χ2v) is 5.53. The Hall–Kier alpha value is -0.850.